The first-order valence-corrected chi connectivity index (χ1v) is 5.55. The summed E-state index contributed by atoms with van der Waals surface area (Å²) in [5.74, 6) is 0.880. The molecule has 1 aromatic carbocycles. The average molecular weight is 189 g/mol. The second kappa shape index (κ2) is 4.14. The number of hydrogen-bond acceptors (Lipinski definition) is 1. The highest BCUT2D eigenvalue weighted by Gasteiger charge is 2.22. The molecular weight excluding hydrogens is 170 g/mol. The van der Waals surface area contributed by atoms with Crippen LogP contribution in [0.2, 0.25) is 0 Å². The van der Waals surface area contributed by atoms with Crippen molar-refractivity contribution in [1.29, 1.82) is 0 Å². The molecule has 1 aromatic rings. The Bertz CT molecular complexity index is 285. The monoisotopic (exact) mass is 189 g/mol. The smallest absolute Gasteiger partial charge is 0.00761 e. The van der Waals surface area contributed by atoms with Gasteiger partial charge in [0.25, 0.3) is 0 Å². The van der Waals surface area contributed by atoms with E-state index in [4.69, 9.17) is 0 Å². The topological polar surface area (TPSA) is 12.0 Å². The van der Waals surface area contributed by atoms with E-state index in [1.165, 1.54) is 24.0 Å². The van der Waals surface area contributed by atoms with Crippen molar-refractivity contribution in [1.82, 2.24) is 5.32 Å². The van der Waals surface area contributed by atoms with Gasteiger partial charge in [-0.1, -0.05) is 24.3 Å². The second-order valence-electron chi connectivity index (χ2n) is 4.41. The van der Waals surface area contributed by atoms with Gasteiger partial charge < -0.3 is 5.32 Å². The Morgan fingerprint density at radius 3 is 2.43 bits per heavy atom. The highest BCUT2D eigenvalue weighted by Crippen LogP contribution is 2.39. The quantitative estimate of drug-likeness (QED) is 0.768. The molecule has 0 heterocycles. The summed E-state index contributed by atoms with van der Waals surface area (Å²) in [6, 6.07) is 9.73. The highest BCUT2D eigenvalue weighted by atomic mass is 14.8. The van der Waals surface area contributed by atoms with Crippen LogP contribution in [0.5, 0.6) is 0 Å². The lowest BCUT2D eigenvalue weighted by molar-refractivity contribution is 0.608. The number of benzene rings is 1. The number of nitrogens with one attached hydrogen (secondary N) is 1. The molecule has 0 bridgehead atoms. The SMILES string of the molecule is CNC(C)Cc1ccc(C2CC2)cc1. The summed E-state index contributed by atoms with van der Waals surface area (Å²) in [7, 11) is 2.02. The van der Waals surface area contributed by atoms with Crippen LogP contribution in [-0.4, -0.2) is 13.1 Å². The average Bonchev–Trinajstić information content (AvgIpc) is 3.02. The van der Waals surface area contributed by atoms with E-state index in [1.54, 1.807) is 0 Å². The van der Waals surface area contributed by atoms with Crippen LogP contribution >= 0.6 is 0 Å². The fraction of sp³-hybridized carbons (Fsp3) is 0.538. The van der Waals surface area contributed by atoms with Crippen molar-refractivity contribution in [2.75, 3.05) is 7.05 Å². The lowest BCUT2D eigenvalue weighted by Crippen LogP contribution is -2.23. The standard InChI is InChI=1S/C13H19N/c1-10(14-2)9-11-3-5-12(6-4-11)13-7-8-13/h3-6,10,13-14H,7-9H2,1-2H3. The van der Waals surface area contributed by atoms with Crippen LogP contribution in [-0.2, 0) is 6.42 Å². The summed E-state index contributed by atoms with van der Waals surface area (Å²) in [6.07, 6.45) is 3.92. The Hall–Kier alpha value is -0.820. The molecule has 0 amide bonds. The summed E-state index contributed by atoms with van der Waals surface area (Å²) in [5.41, 5.74) is 2.97. The minimum absolute atomic E-state index is 0.571. The van der Waals surface area contributed by atoms with Crippen LogP contribution in [0.1, 0.15) is 36.8 Å². The molecular formula is C13H19N. The molecule has 1 atom stereocenters. The van der Waals surface area contributed by atoms with Crippen molar-refractivity contribution in [2.45, 2.75) is 38.1 Å². The first kappa shape index (κ1) is 9.72. The maximum Gasteiger partial charge on any atom is 0.00761 e. The Morgan fingerprint density at radius 2 is 1.93 bits per heavy atom. The zero-order valence-electron chi connectivity index (χ0n) is 9.09. The maximum atomic E-state index is 3.26. The number of likely N-dealkylation sites (N-methyl/N-ethyl adjacent to an activating group) is 1. The van der Waals surface area contributed by atoms with Crippen LogP contribution in [0.4, 0.5) is 0 Å². The van der Waals surface area contributed by atoms with E-state index in [1.807, 2.05) is 7.05 Å². The van der Waals surface area contributed by atoms with Gasteiger partial charge in [-0.05, 0) is 50.3 Å². The fourth-order valence-corrected chi connectivity index (χ4v) is 1.80. The zero-order valence-corrected chi connectivity index (χ0v) is 9.09. The van der Waals surface area contributed by atoms with E-state index >= 15 is 0 Å². The molecule has 1 unspecified atom stereocenters. The van der Waals surface area contributed by atoms with E-state index in [0.29, 0.717) is 6.04 Å². The summed E-state index contributed by atoms with van der Waals surface area (Å²) in [4.78, 5) is 0. The Morgan fingerprint density at radius 1 is 1.29 bits per heavy atom. The lowest BCUT2D eigenvalue weighted by atomic mass is 10.0. The van der Waals surface area contributed by atoms with Gasteiger partial charge in [-0.25, -0.2) is 0 Å². The third-order valence-electron chi connectivity index (χ3n) is 3.06. The summed E-state index contributed by atoms with van der Waals surface area (Å²) in [5, 5.41) is 3.26. The van der Waals surface area contributed by atoms with E-state index in [0.717, 1.165) is 12.3 Å². The third kappa shape index (κ3) is 2.36. The third-order valence-corrected chi connectivity index (χ3v) is 3.06. The van der Waals surface area contributed by atoms with E-state index in [9.17, 15) is 0 Å². The molecule has 14 heavy (non-hydrogen) atoms. The molecule has 0 aromatic heterocycles. The lowest BCUT2D eigenvalue weighted by Gasteiger charge is -2.10. The second-order valence-corrected chi connectivity index (χ2v) is 4.41. The van der Waals surface area contributed by atoms with E-state index in [2.05, 4.69) is 36.5 Å². The van der Waals surface area contributed by atoms with Gasteiger partial charge in [-0.3, -0.25) is 0 Å². The van der Waals surface area contributed by atoms with Crippen LogP contribution in [0.15, 0.2) is 24.3 Å². The van der Waals surface area contributed by atoms with Gasteiger partial charge in [0.1, 0.15) is 0 Å². The molecule has 1 saturated carbocycles. The predicted molar refractivity (Wildman–Crippen MR) is 60.6 cm³/mol. The molecule has 0 saturated heterocycles. The molecule has 1 heteroatoms. The summed E-state index contributed by atoms with van der Waals surface area (Å²) < 4.78 is 0. The molecule has 76 valence electrons. The van der Waals surface area contributed by atoms with Crippen molar-refractivity contribution in [2.24, 2.45) is 0 Å². The number of hydrogen-bond donors (Lipinski definition) is 1. The van der Waals surface area contributed by atoms with Crippen LogP contribution < -0.4 is 5.32 Å². The summed E-state index contributed by atoms with van der Waals surface area (Å²) in [6.45, 7) is 2.22. The van der Waals surface area contributed by atoms with Crippen molar-refractivity contribution in [3.63, 3.8) is 0 Å². The fourth-order valence-electron chi connectivity index (χ4n) is 1.80. The van der Waals surface area contributed by atoms with Crippen molar-refractivity contribution in [3.8, 4) is 0 Å². The molecule has 0 spiro atoms. The Balaban J connectivity index is 1.98. The van der Waals surface area contributed by atoms with Gasteiger partial charge in [0.2, 0.25) is 0 Å². The van der Waals surface area contributed by atoms with E-state index < -0.39 is 0 Å². The molecule has 1 N–H and O–H groups in total. The molecule has 1 aliphatic carbocycles. The van der Waals surface area contributed by atoms with Gasteiger partial charge in [-0.15, -0.1) is 0 Å². The predicted octanol–water partition coefficient (Wildman–Crippen LogP) is 2.71. The van der Waals surface area contributed by atoms with Crippen LogP contribution in [0, 0.1) is 0 Å². The van der Waals surface area contributed by atoms with Gasteiger partial charge in [0.15, 0.2) is 0 Å². The first-order chi connectivity index (χ1) is 6.79. The maximum absolute atomic E-state index is 3.26. The van der Waals surface area contributed by atoms with Crippen LogP contribution in [0.3, 0.4) is 0 Å². The van der Waals surface area contributed by atoms with Gasteiger partial charge in [0, 0.05) is 6.04 Å². The normalized spacial score (nSPS) is 18.1. The van der Waals surface area contributed by atoms with Crippen molar-refractivity contribution < 1.29 is 0 Å². The van der Waals surface area contributed by atoms with E-state index in [-0.39, 0.29) is 0 Å². The first-order valence-electron chi connectivity index (χ1n) is 5.55. The molecule has 1 fully saturated rings. The molecule has 0 aliphatic heterocycles. The Kier molecular flexibility index (Phi) is 2.87. The molecule has 0 radical (unpaired) electrons. The molecule has 1 nitrogen and oxygen atoms in total. The largest absolute Gasteiger partial charge is 0.317 e. The van der Waals surface area contributed by atoms with Crippen LogP contribution in [0.25, 0.3) is 0 Å². The Labute approximate surface area is 86.5 Å². The van der Waals surface area contributed by atoms with Crippen molar-refractivity contribution >= 4 is 0 Å². The van der Waals surface area contributed by atoms with Crippen molar-refractivity contribution in [3.05, 3.63) is 35.4 Å². The summed E-state index contributed by atoms with van der Waals surface area (Å²) >= 11 is 0. The molecule has 2 rings (SSSR count). The van der Waals surface area contributed by atoms with Gasteiger partial charge >= 0.3 is 0 Å². The number of rotatable bonds is 4. The van der Waals surface area contributed by atoms with Gasteiger partial charge in [-0.2, -0.15) is 0 Å². The minimum Gasteiger partial charge on any atom is -0.317 e. The minimum atomic E-state index is 0.571. The molecule has 1 aliphatic rings. The zero-order chi connectivity index (χ0) is 9.97. The van der Waals surface area contributed by atoms with Gasteiger partial charge in [0.05, 0.1) is 0 Å². The highest BCUT2D eigenvalue weighted by molar-refractivity contribution is 5.28.